The van der Waals surface area contributed by atoms with E-state index in [4.69, 9.17) is 5.73 Å². The smallest absolute Gasteiger partial charge is 0.147 e. The second-order valence-electron chi connectivity index (χ2n) is 5.71. The van der Waals surface area contributed by atoms with E-state index in [0.29, 0.717) is 0 Å². The van der Waals surface area contributed by atoms with Gasteiger partial charge in [0, 0.05) is 25.2 Å². The Morgan fingerprint density at radius 1 is 1.47 bits per heavy atom. The first kappa shape index (κ1) is 11.2. The summed E-state index contributed by atoms with van der Waals surface area (Å²) < 4.78 is 2.14. The first-order chi connectivity index (χ1) is 8.21. The Bertz CT molecular complexity index is 397. The molecule has 2 aliphatic rings. The fraction of sp³-hybridized carbons (Fsp3) is 0.833. The van der Waals surface area contributed by atoms with Crippen molar-refractivity contribution in [2.24, 2.45) is 11.7 Å². The van der Waals surface area contributed by atoms with Crippen molar-refractivity contribution in [3.63, 3.8) is 0 Å². The van der Waals surface area contributed by atoms with E-state index in [1.807, 2.05) is 6.33 Å². The van der Waals surface area contributed by atoms with Gasteiger partial charge in [-0.3, -0.25) is 4.90 Å². The van der Waals surface area contributed by atoms with Crippen LogP contribution in [0.4, 0.5) is 0 Å². The van der Waals surface area contributed by atoms with E-state index >= 15 is 0 Å². The molecular weight excluding hydrogens is 214 g/mol. The third kappa shape index (κ3) is 2.09. The number of hydrogen-bond donors (Lipinski definition) is 1. The van der Waals surface area contributed by atoms with Crippen LogP contribution in [0.3, 0.4) is 0 Å². The van der Waals surface area contributed by atoms with Crippen molar-refractivity contribution in [1.29, 1.82) is 0 Å². The zero-order valence-electron chi connectivity index (χ0n) is 10.5. The molecule has 1 aliphatic carbocycles. The van der Waals surface area contributed by atoms with Gasteiger partial charge in [-0.1, -0.05) is 12.8 Å². The monoisotopic (exact) mass is 235 g/mol. The predicted octanol–water partition coefficient (Wildman–Crippen LogP) is 0.611. The number of rotatable bonds is 4. The van der Waals surface area contributed by atoms with Crippen LogP contribution >= 0.6 is 0 Å². The molecule has 0 amide bonds. The molecule has 0 spiro atoms. The lowest BCUT2D eigenvalue weighted by Crippen LogP contribution is -2.54. The van der Waals surface area contributed by atoms with Crippen molar-refractivity contribution in [3.8, 4) is 0 Å². The molecule has 5 nitrogen and oxygen atoms in total. The Balaban J connectivity index is 1.74. The molecule has 1 aromatic rings. The molecule has 94 valence electrons. The van der Waals surface area contributed by atoms with Gasteiger partial charge in [0.15, 0.2) is 0 Å². The van der Waals surface area contributed by atoms with Gasteiger partial charge in [0.1, 0.15) is 12.2 Å². The maximum atomic E-state index is 6.02. The summed E-state index contributed by atoms with van der Waals surface area (Å²) in [5.41, 5.74) is 6.16. The summed E-state index contributed by atoms with van der Waals surface area (Å²) in [6.45, 7) is 5.98. The number of nitrogens with two attached hydrogens (primary N) is 1. The van der Waals surface area contributed by atoms with Crippen LogP contribution in [-0.4, -0.2) is 38.3 Å². The maximum absolute atomic E-state index is 6.02. The predicted molar refractivity (Wildman–Crippen MR) is 65.2 cm³/mol. The Morgan fingerprint density at radius 2 is 2.29 bits per heavy atom. The highest BCUT2D eigenvalue weighted by atomic mass is 15.3. The highest BCUT2D eigenvalue weighted by molar-refractivity contribution is 4.98. The fourth-order valence-electron chi connectivity index (χ4n) is 2.81. The largest absolute Gasteiger partial charge is 0.329 e. The van der Waals surface area contributed by atoms with Crippen LogP contribution in [0.15, 0.2) is 6.33 Å². The fourth-order valence-corrected chi connectivity index (χ4v) is 2.81. The van der Waals surface area contributed by atoms with Crippen LogP contribution in [0.1, 0.15) is 32.0 Å². The molecule has 1 atom stereocenters. The Labute approximate surface area is 102 Å². The second kappa shape index (κ2) is 4.07. The summed E-state index contributed by atoms with van der Waals surface area (Å²) >= 11 is 0. The molecule has 1 aromatic heterocycles. The van der Waals surface area contributed by atoms with Gasteiger partial charge in [-0.25, -0.2) is 0 Å². The van der Waals surface area contributed by atoms with E-state index < -0.39 is 0 Å². The molecular formula is C12H21N5. The highest BCUT2D eigenvalue weighted by Crippen LogP contribution is 2.39. The van der Waals surface area contributed by atoms with Crippen LogP contribution in [0.5, 0.6) is 0 Å². The Hall–Kier alpha value is -0.940. The van der Waals surface area contributed by atoms with Crippen molar-refractivity contribution < 1.29 is 0 Å². The van der Waals surface area contributed by atoms with Gasteiger partial charge in [0.25, 0.3) is 0 Å². The molecule has 1 aliphatic heterocycles. The first-order valence-electron chi connectivity index (χ1n) is 6.53. The van der Waals surface area contributed by atoms with E-state index in [2.05, 4.69) is 26.6 Å². The van der Waals surface area contributed by atoms with Crippen molar-refractivity contribution >= 4 is 0 Å². The number of aromatic nitrogens is 3. The second-order valence-corrected chi connectivity index (χ2v) is 5.71. The molecule has 1 fully saturated rings. The van der Waals surface area contributed by atoms with Crippen LogP contribution in [0, 0.1) is 5.92 Å². The van der Waals surface area contributed by atoms with E-state index in [0.717, 1.165) is 37.9 Å². The van der Waals surface area contributed by atoms with Crippen LogP contribution in [0.25, 0.3) is 0 Å². The van der Waals surface area contributed by atoms with Gasteiger partial charge in [-0.05, 0) is 19.3 Å². The lowest BCUT2D eigenvalue weighted by atomic mass is 9.92. The lowest BCUT2D eigenvalue weighted by molar-refractivity contribution is 0.0654. The van der Waals surface area contributed by atoms with Crippen molar-refractivity contribution in [1.82, 2.24) is 19.7 Å². The van der Waals surface area contributed by atoms with E-state index in [9.17, 15) is 0 Å². The minimum atomic E-state index is 0.137. The molecule has 0 aromatic carbocycles. The highest BCUT2D eigenvalue weighted by Gasteiger charge is 2.38. The van der Waals surface area contributed by atoms with Crippen LogP contribution in [0.2, 0.25) is 0 Å². The van der Waals surface area contributed by atoms with Crippen molar-refractivity contribution in [2.45, 2.75) is 44.8 Å². The molecule has 2 heterocycles. The molecule has 1 unspecified atom stereocenters. The van der Waals surface area contributed by atoms with Crippen LogP contribution in [-0.2, 0) is 13.1 Å². The van der Waals surface area contributed by atoms with Crippen molar-refractivity contribution in [2.75, 3.05) is 13.1 Å². The third-order valence-electron chi connectivity index (χ3n) is 4.27. The topological polar surface area (TPSA) is 60.0 Å². The molecule has 3 rings (SSSR count). The summed E-state index contributed by atoms with van der Waals surface area (Å²) in [5.74, 6) is 1.98. The standard InChI is InChI=1S/C12H21N5/c1-12(8-13,6-10-2-3-10)17-5-4-16-9-14-15-11(16)7-17/h9-10H,2-8,13H2,1H3. The summed E-state index contributed by atoms with van der Waals surface area (Å²) in [5, 5.41) is 8.15. The summed E-state index contributed by atoms with van der Waals surface area (Å²) in [7, 11) is 0. The van der Waals surface area contributed by atoms with Gasteiger partial charge in [-0.2, -0.15) is 0 Å². The molecule has 17 heavy (non-hydrogen) atoms. The molecule has 1 saturated carbocycles. The first-order valence-corrected chi connectivity index (χ1v) is 6.53. The Morgan fingerprint density at radius 3 is 3.00 bits per heavy atom. The molecule has 2 N–H and O–H groups in total. The molecule has 0 bridgehead atoms. The van der Waals surface area contributed by atoms with E-state index in [1.54, 1.807) is 0 Å². The number of nitrogens with zero attached hydrogens (tertiary/aromatic N) is 4. The van der Waals surface area contributed by atoms with Crippen molar-refractivity contribution in [3.05, 3.63) is 12.2 Å². The van der Waals surface area contributed by atoms with E-state index in [1.165, 1.54) is 19.3 Å². The quantitative estimate of drug-likeness (QED) is 0.830. The average molecular weight is 235 g/mol. The van der Waals surface area contributed by atoms with E-state index in [-0.39, 0.29) is 5.54 Å². The van der Waals surface area contributed by atoms with Gasteiger partial charge < -0.3 is 10.3 Å². The van der Waals surface area contributed by atoms with Gasteiger partial charge >= 0.3 is 0 Å². The summed E-state index contributed by atoms with van der Waals surface area (Å²) in [4.78, 5) is 2.50. The Kier molecular flexibility index (Phi) is 2.67. The third-order valence-corrected chi connectivity index (χ3v) is 4.27. The summed E-state index contributed by atoms with van der Waals surface area (Å²) in [6, 6.07) is 0. The van der Waals surface area contributed by atoms with Gasteiger partial charge in [0.2, 0.25) is 0 Å². The molecule has 0 saturated heterocycles. The number of fused-ring (bicyclic) bond motifs is 1. The normalized spacial score (nSPS) is 24.4. The zero-order valence-corrected chi connectivity index (χ0v) is 10.5. The summed E-state index contributed by atoms with van der Waals surface area (Å²) in [6.07, 6.45) is 5.84. The van der Waals surface area contributed by atoms with Gasteiger partial charge in [-0.15, -0.1) is 10.2 Å². The minimum absolute atomic E-state index is 0.137. The lowest BCUT2D eigenvalue weighted by Gasteiger charge is -2.42. The van der Waals surface area contributed by atoms with Crippen LogP contribution < -0.4 is 5.73 Å². The van der Waals surface area contributed by atoms with Gasteiger partial charge in [0.05, 0.1) is 6.54 Å². The average Bonchev–Trinajstić information content (AvgIpc) is 3.02. The minimum Gasteiger partial charge on any atom is -0.329 e. The molecule has 0 radical (unpaired) electrons. The zero-order chi connectivity index (χ0) is 11.9. The number of hydrogen-bond acceptors (Lipinski definition) is 4. The molecule has 5 heteroatoms. The maximum Gasteiger partial charge on any atom is 0.147 e. The SMILES string of the molecule is CC(CN)(CC1CC1)N1CCn2cnnc2C1.